The van der Waals surface area contributed by atoms with E-state index in [4.69, 9.17) is 4.74 Å². The van der Waals surface area contributed by atoms with Crippen LogP contribution >= 0.6 is 0 Å². The zero-order valence-electron chi connectivity index (χ0n) is 22.4. The number of carbonyl (C=O) groups is 1. The van der Waals surface area contributed by atoms with E-state index in [1.165, 1.54) is 29.1 Å². The minimum absolute atomic E-state index is 0.0323. The Labute approximate surface area is 229 Å². The standard InChI is InChI=1S/C31H31N3O4S/c1-22-14-15-26(24(3)23(22)2)20-32-33-31(35)29-12-8-9-13-30(29)34(21-25-10-6-5-7-11-25)39(36,37)28-18-16-27(38-4)17-19-28/h5-20H,21H2,1-4H3,(H,33,35)/b32-20-. The normalized spacial score (nSPS) is 11.4. The Morgan fingerprint density at radius 1 is 0.872 bits per heavy atom. The summed E-state index contributed by atoms with van der Waals surface area (Å²) in [5, 5.41) is 4.17. The van der Waals surface area contributed by atoms with Gasteiger partial charge < -0.3 is 4.74 Å². The van der Waals surface area contributed by atoms with E-state index in [0.29, 0.717) is 5.75 Å². The van der Waals surface area contributed by atoms with Gasteiger partial charge in [-0.15, -0.1) is 0 Å². The molecule has 0 heterocycles. The summed E-state index contributed by atoms with van der Waals surface area (Å²) < 4.78 is 34.3. The Bertz CT molecular complexity index is 1600. The molecule has 0 bridgehead atoms. The summed E-state index contributed by atoms with van der Waals surface area (Å²) in [6.07, 6.45) is 1.60. The van der Waals surface area contributed by atoms with E-state index in [0.717, 1.165) is 22.3 Å². The van der Waals surface area contributed by atoms with Gasteiger partial charge in [0.1, 0.15) is 5.75 Å². The minimum Gasteiger partial charge on any atom is -0.497 e. The van der Waals surface area contributed by atoms with Crippen LogP contribution in [0.3, 0.4) is 0 Å². The Balaban J connectivity index is 1.70. The van der Waals surface area contributed by atoms with E-state index in [9.17, 15) is 13.2 Å². The van der Waals surface area contributed by atoms with Gasteiger partial charge >= 0.3 is 0 Å². The zero-order valence-corrected chi connectivity index (χ0v) is 23.2. The lowest BCUT2D eigenvalue weighted by atomic mass is 10.00. The quantitative estimate of drug-likeness (QED) is 0.215. The van der Waals surface area contributed by atoms with Gasteiger partial charge in [-0.2, -0.15) is 5.10 Å². The highest BCUT2D eigenvalue weighted by Crippen LogP contribution is 2.30. The zero-order chi connectivity index (χ0) is 28.0. The average molecular weight is 542 g/mol. The predicted octanol–water partition coefficient (Wildman–Crippen LogP) is 5.78. The molecule has 4 rings (SSSR count). The average Bonchev–Trinajstić information content (AvgIpc) is 2.96. The highest BCUT2D eigenvalue weighted by molar-refractivity contribution is 7.92. The summed E-state index contributed by atoms with van der Waals surface area (Å²) in [6.45, 7) is 6.13. The molecule has 0 aliphatic heterocycles. The number of ether oxygens (including phenoxy) is 1. The molecule has 0 atom stereocenters. The molecule has 0 aliphatic rings. The molecular weight excluding hydrogens is 510 g/mol. The van der Waals surface area contributed by atoms with Gasteiger partial charge in [0, 0.05) is 0 Å². The smallest absolute Gasteiger partial charge is 0.273 e. The number of para-hydroxylation sites is 1. The highest BCUT2D eigenvalue weighted by atomic mass is 32.2. The number of amides is 1. The van der Waals surface area contributed by atoms with Crippen LogP contribution in [0.5, 0.6) is 5.75 Å². The first-order valence-electron chi connectivity index (χ1n) is 12.4. The van der Waals surface area contributed by atoms with E-state index in [1.807, 2.05) is 63.2 Å². The van der Waals surface area contributed by atoms with Crippen molar-refractivity contribution in [3.05, 3.63) is 124 Å². The van der Waals surface area contributed by atoms with Crippen LogP contribution in [-0.2, 0) is 16.6 Å². The van der Waals surface area contributed by atoms with Crippen LogP contribution in [-0.4, -0.2) is 27.6 Å². The van der Waals surface area contributed by atoms with Crippen LogP contribution in [0.2, 0.25) is 0 Å². The van der Waals surface area contributed by atoms with Gasteiger partial charge in [-0.05, 0) is 85.0 Å². The molecule has 1 N–H and O–H groups in total. The molecule has 39 heavy (non-hydrogen) atoms. The van der Waals surface area contributed by atoms with E-state index in [-0.39, 0.29) is 22.7 Å². The maximum Gasteiger partial charge on any atom is 0.273 e. The van der Waals surface area contributed by atoms with Crippen molar-refractivity contribution in [1.82, 2.24) is 5.43 Å². The molecule has 0 spiro atoms. The molecule has 0 saturated carbocycles. The Morgan fingerprint density at radius 3 is 2.23 bits per heavy atom. The van der Waals surface area contributed by atoms with Gasteiger partial charge in [-0.25, -0.2) is 13.8 Å². The van der Waals surface area contributed by atoms with Crippen molar-refractivity contribution in [2.75, 3.05) is 11.4 Å². The molecule has 1 amide bonds. The van der Waals surface area contributed by atoms with Crippen molar-refractivity contribution in [2.24, 2.45) is 5.10 Å². The molecule has 0 aromatic heterocycles. The Morgan fingerprint density at radius 2 is 1.54 bits per heavy atom. The highest BCUT2D eigenvalue weighted by Gasteiger charge is 2.28. The molecule has 0 aliphatic carbocycles. The molecule has 0 fully saturated rings. The first kappa shape index (κ1) is 27.6. The van der Waals surface area contributed by atoms with E-state index in [1.54, 1.807) is 42.6 Å². The summed E-state index contributed by atoms with van der Waals surface area (Å²) in [4.78, 5) is 13.4. The number of carbonyl (C=O) groups excluding carboxylic acids is 1. The number of hydrazone groups is 1. The van der Waals surface area contributed by atoms with Gasteiger partial charge in [0.2, 0.25) is 0 Å². The van der Waals surface area contributed by atoms with Crippen molar-refractivity contribution in [2.45, 2.75) is 32.2 Å². The fourth-order valence-corrected chi connectivity index (χ4v) is 5.62. The molecule has 8 heteroatoms. The van der Waals surface area contributed by atoms with Crippen molar-refractivity contribution in [3.8, 4) is 5.75 Å². The largest absolute Gasteiger partial charge is 0.497 e. The number of hydrogen-bond acceptors (Lipinski definition) is 5. The van der Waals surface area contributed by atoms with Crippen LogP contribution in [0.4, 0.5) is 5.69 Å². The van der Waals surface area contributed by atoms with Gasteiger partial charge in [0.25, 0.3) is 15.9 Å². The molecule has 7 nitrogen and oxygen atoms in total. The van der Waals surface area contributed by atoms with Crippen molar-refractivity contribution < 1.29 is 17.9 Å². The maximum absolute atomic E-state index is 13.9. The minimum atomic E-state index is -4.05. The monoisotopic (exact) mass is 541 g/mol. The molecule has 4 aromatic rings. The summed E-state index contributed by atoms with van der Waals surface area (Å²) in [5.41, 5.74) is 8.07. The van der Waals surface area contributed by atoms with E-state index < -0.39 is 15.9 Å². The second-order valence-electron chi connectivity index (χ2n) is 9.11. The third-order valence-corrected chi connectivity index (χ3v) is 8.48. The van der Waals surface area contributed by atoms with Gasteiger partial charge in [-0.3, -0.25) is 9.10 Å². The maximum atomic E-state index is 13.9. The SMILES string of the molecule is COc1ccc(S(=O)(=O)N(Cc2ccccc2)c2ccccc2C(=O)N/N=C\c2ccc(C)c(C)c2C)cc1. The molecule has 0 saturated heterocycles. The number of anilines is 1. The van der Waals surface area contributed by atoms with Gasteiger partial charge in [0.05, 0.1) is 36.0 Å². The lowest BCUT2D eigenvalue weighted by Gasteiger charge is -2.26. The van der Waals surface area contributed by atoms with Crippen LogP contribution in [0, 0.1) is 20.8 Å². The molecular formula is C31H31N3O4S. The third-order valence-electron chi connectivity index (χ3n) is 6.70. The molecule has 200 valence electrons. The van der Waals surface area contributed by atoms with Crippen molar-refractivity contribution in [1.29, 1.82) is 0 Å². The molecule has 4 aromatic carbocycles. The fraction of sp³-hybridized carbons (Fsp3) is 0.161. The summed E-state index contributed by atoms with van der Waals surface area (Å²) in [5.74, 6) is 0.0199. The number of hydrogen-bond donors (Lipinski definition) is 1. The van der Waals surface area contributed by atoms with Crippen LogP contribution in [0.15, 0.2) is 101 Å². The van der Waals surface area contributed by atoms with Crippen molar-refractivity contribution >= 4 is 27.8 Å². The molecule has 0 unspecified atom stereocenters. The first-order valence-corrected chi connectivity index (χ1v) is 13.9. The number of rotatable bonds is 9. The van der Waals surface area contributed by atoms with Gasteiger partial charge in [-0.1, -0.05) is 54.6 Å². The second kappa shape index (κ2) is 12.0. The summed E-state index contributed by atoms with van der Waals surface area (Å²) in [7, 11) is -2.53. The number of benzene rings is 4. The number of nitrogens with zero attached hydrogens (tertiary/aromatic N) is 2. The van der Waals surface area contributed by atoms with Gasteiger partial charge in [0.15, 0.2) is 0 Å². The van der Waals surface area contributed by atoms with Crippen LogP contribution < -0.4 is 14.5 Å². The number of methoxy groups -OCH3 is 1. The predicted molar refractivity (Wildman–Crippen MR) is 155 cm³/mol. The molecule has 0 radical (unpaired) electrons. The third kappa shape index (κ3) is 6.18. The Kier molecular flexibility index (Phi) is 8.46. The second-order valence-corrected chi connectivity index (χ2v) is 11.0. The lowest BCUT2D eigenvalue weighted by Crippen LogP contribution is -2.33. The summed E-state index contributed by atoms with van der Waals surface area (Å²) in [6, 6.07) is 26.0. The van der Waals surface area contributed by atoms with Crippen LogP contribution in [0.1, 0.15) is 38.2 Å². The van der Waals surface area contributed by atoms with E-state index in [2.05, 4.69) is 10.5 Å². The van der Waals surface area contributed by atoms with E-state index >= 15 is 0 Å². The summed E-state index contributed by atoms with van der Waals surface area (Å²) >= 11 is 0. The topological polar surface area (TPSA) is 88.1 Å². The lowest BCUT2D eigenvalue weighted by molar-refractivity contribution is 0.0955. The number of aryl methyl sites for hydroxylation is 1. The van der Waals surface area contributed by atoms with Crippen LogP contribution in [0.25, 0.3) is 0 Å². The first-order chi connectivity index (χ1) is 18.7. The number of nitrogens with one attached hydrogen (secondary N) is 1. The fourth-order valence-electron chi connectivity index (χ4n) is 4.14. The Hall–Kier alpha value is -4.43. The van der Waals surface area contributed by atoms with Crippen molar-refractivity contribution in [3.63, 3.8) is 0 Å². The number of sulfonamides is 1.